The van der Waals surface area contributed by atoms with Crippen molar-refractivity contribution in [1.82, 2.24) is 34.4 Å². The molecule has 1 atom stereocenters. The minimum absolute atomic E-state index is 0.241. The first kappa shape index (κ1) is 23.9. The molecule has 6 aromatic rings. The number of imidazole rings is 1. The zero-order chi connectivity index (χ0) is 26.3. The molecule has 1 unspecified atom stereocenters. The number of benzene rings is 1. The first-order valence-electron chi connectivity index (χ1n) is 12.9. The molecule has 0 aliphatic carbocycles. The van der Waals surface area contributed by atoms with E-state index < -0.39 is 0 Å². The first-order valence-corrected chi connectivity index (χ1v) is 13.7. The highest BCUT2D eigenvalue weighted by molar-refractivity contribution is 7.22. The Kier molecular flexibility index (Phi) is 6.03. The van der Waals surface area contributed by atoms with E-state index in [0.717, 1.165) is 76.0 Å². The fraction of sp³-hybridized carbons (Fsp3) is 0.250. The SMILES string of the molecule is CC(CN1CCOCC1)Nc1nc2ccc(-n3cnc4c(=O)[nH]c5cnc(-c6ccncc6)cc5c43)cc2s1. The Labute approximate surface area is 227 Å². The Hall–Kier alpha value is -4.19. The first-order chi connectivity index (χ1) is 19.1. The van der Waals surface area contributed by atoms with Crippen LogP contribution in [-0.2, 0) is 4.74 Å². The van der Waals surface area contributed by atoms with Crippen LogP contribution in [0.5, 0.6) is 0 Å². The third-order valence-electron chi connectivity index (χ3n) is 7.02. The fourth-order valence-electron chi connectivity index (χ4n) is 5.13. The third-order valence-corrected chi connectivity index (χ3v) is 7.97. The molecule has 0 radical (unpaired) electrons. The molecule has 6 heterocycles. The Morgan fingerprint density at radius 1 is 1.13 bits per heavy atom. The van der Waals surface area contributed by atoms with Crippen molar-refractivity contribution >= 4 is 48.6 Å². The number of hydrogen-bond donors (Lipinski definition) is 2. The number of nitrogens with zero attached hydrogens (tertiary/aromatic N) is 6. The number of H-pyrrole nitrogens is 1. The number of anilines is 1. The molecule has 2 N–H and O–H groups in total. The monoisotopic (exact) mass is 538 g/mol. The highest BCUT2D eigenvalue weighted by Crippen LogP contribution is 2.31. The van der Waals surface area contributed by atoms with Crippen LogP contribution in [0.15, 0.2) is 66.1 Å². The van der Waals surface area contributed by atoms with Crippen LogP contribution in [0.1, 0.15) is 6.92 Å². The second-order valence-corrected chi connectivity index (χ2v) is 10.8. The lowest BCUT2D eigenvalue weighted by molar-refractivity contribution is 0.0368. The summed E-state index contributed by atoms with van der Waals surface area (Å²) in [6, 6.07) is 12.2. The van der Waals surface area contributed by atoms with Crippen LogP contribution >= 0.6 is 11.3 Å². The van der Waals surface area contributed by atoms with Crippen molar-refractivity contribution < 1.29 is 4.74 Å². The topological polar surface area (TPSA) is 114 Å². The van der Waals surface area contributed by atoms with Gasteiger partial charge in [-0.05, 0) is 43.3 Å². The number of fused-ring (bicyclic) bond motifs is 4. The number of thiazole rings is 1. The summed E-state index contributed by atoms with van der Waals surface area (Å²) in [5, 5.41) is 5.33. The molecule has 1 aromatic carbocycles. The molecule has 0 bridgehead atoms. The summed E-state index contributed by atoms with van der Waals surface area (Å²) >= 11 is 1.63. The molecule has 0 spiro atoms. The summed E-state index contributed by atoms with van der Waals surface area (Å²) in [6.07, 6.45) is 6.89. The zero-order valence-electron chi connectivity index (χ0n) is 21.3. The maximum Gasteiger partial charge on any atom is 0.276 e. The van der Waals surface area contributed by atoms with Gasteiger partial charge >= 0.3 is 0 Å². The Balaban J connectivity index is 1.25. The molecule has 10 nitrogen and oxygen atoms in total. The van der Waals surface area contributed by atoms with Crippen molar-refractivity contribution in [2.24, 2.45) is 0 Å². The summed E-state index contributed by atoms with van der Waals surface area (Å²) in [7, 11) is 0. The van der Waals surface area contributed by atoms with Gasteiger partial charge in [0.15, 0.2) is 10.6 Å². The summed E-state index contributed by atoms with van der Waals surface area (Å²) in [6.45, 7) is 6.65. The molecule has 196 valence electrons. The highest BCUT2D eigenvalue weighted by atomic mass is 32.1. The van der Waals surface area contributed by atoms with E-state index in [-0.39, 0.29) is 11.6 Å². The average Bonchev–Trinajstić information content (AvgIpc) is 3.58. The number of ether oxygens (including phenoxy) is 1. The second kappa shape index (κ2) is 9.84. The van der Waals surface area contributed by atoms with Crippen LogP contribution in [0.3, 0.4) is 0 Å². The number of rotatable bonds is 6. The van der Waals surface area contributed by atoms with Gasteiger partial charge in [-0.2, -0.15) is 0 Å². The number of morpholine rings is 1. The van der Waals surface area contributed by atoms with Crippen molar-refractivity contribution in [3.63, 3.8) is 0 Å². The average molecular weight is 539 g/mol. The molecule has 11 heteroatoms. The Morgan fingerprint density at radius 3 is 2.82 bits per heavy atom. The van der Waals surface area contributed by atoms with E-state index in [1.165, 1.54) is 0 Å². The van der Waals surface area contributed by atoms with Crippen molar-refractivity contribution in [2.75, 3.05) is 38.2 Å². The predicted octanol–water partition coefficient (Wildman–Crippen LogP) is 4.07. The van der Waals surface area contributed by atoms with Gasteiger partial charge in [0.05, 0.1) is 46.4 Å². The van der Waals surface area contributed by atoms with E-state index in [9.17, 15) is 4.79 Å². The number of aromatic amines is 1. The molecule has 39 heavy (non-hydrogen) atoms. The summed E-state index contributed by atoms with van der Waals surface area (Å²) in [4.78, 5) is 36.2. The van der Waals surface area contributed by atoms with Gasteiger partial charge in [-0.1, -0.05) is 11.3 Å². The highest BCUT2D eigenvalue weighted by Gasteiger charge is 2.17. The van der Waals surface area contributed by atoms with Gasteiger partial charge in [-0.3, -0.25) is 24.2 Å². The van der Waals surface area contributed by atoms with Crippen LogP contribution in [0, 0.1) is 0 Å². The normalized spacial score (nSPS) is 15.3. The van der Waals surface area contributed by atoms with E-state index in [4.69, 9.17) is 9.72 Å². The lowest BCUT2D eigenvalue weighted by Crippen LogP contribution is -2.42. The van der Waals surface area contributed by atoms with Crippen LogP contribution in [0.2, 0.25) is 0 Å². The fourth-order valence-corrected chi connectivity index (χ4v) is 6.14. The van der Waals surface area contributed by atoms with Gasteiger partial charge in [0.25, 0.3) is 5.56 Å². The Morgan fingerprint density at radius 2 is 1.97 bits per heavy atom. The van der Waals surface area contributed by atoms with Gasteiger partial charge in [-0.15, -0.1) is 0 Å². The summed E-state index contributed by atoms with van der Waals surface area (Å²) in [5.74, 6) is 0. The number of pyridine rings is 3. The molecule has 1 fully saturated rings. The molecule has 1 saturated heterocycles. The van der Waals surface area contributed by atoms with Gasteiger partial charge in [0.1, 0.15) is 6.33 Å². The standard InChI is InChI=1S/C28H26N8O2S/c1-17(15-35-8-10-38-11-9-35)32-28-34-21-3-2-19(12-24(21)39-28)36-16-31-25-26(36)20-13-22(18-4-6-29-7-5-18)30-14-23(20)33-27(25)37/h2-7,12-14,16-17H,8-11,15H2,1H3,(H,32,34)(H,33,37). The van der Waals surface area contributed by atoms with E-state index in [0.29, 0.717) is 11.0 Å². The third kappa shape index (κ3) is 4.54. The minimum atomic E-state index is -0.241. The van der Waals surface area contributed by atoms with Gasteiger partial charge in [-0.25, -0.2) is 9.97 Å². The molecule has 0 amide bonds. The number of aromatic nitrogens is 6. The smallest absolute Gasteiger partial charge is 0.276 e. The van der Waals surface area contributed by atoms with Gasteiger partial charge in [0, 0.05) is 54.7 Å². The Bertz CT molecular complexity index is 1860. The lowest BCUT2D eigenvalue weighted by atomic mass is 10.1. The second-order valence-electron chi connectivity index (χ2n) is 9.75. The van der Waals surface area contributed by atoms with Gasteiger partial charge in [0.2, 0.25) is 0 Å². The molecule has 0 saturated carbocycles. The lowest BCUT2D eigenvalue weighted by Gasteiger charge is -2.29. The van der Waals surface area contributed by atoms with E-state index in [1.807, 2.05) is 34.9 Å². The van der Waals surface area contributed by atoms with Crippen molar-refractivity contribution in [1.29, 1.82) is 0 Å². The minimum Gasteiger partial charge on any atom is -0.379 e. The van der Waals surface area contributed by atoms with Crippen molar-refractivity contribution in [3.05, 3.63) is 71.7 Å². The van der Waals surface area contributed by atoms with E-state index >= 15 is 0 Å². The summed E-state index contributed by atoms with van der Waals surface area (Å²) in [5.41, 5.74) is 5.14. The molecule has 5 aromatic heterocycles. The van der Waals surface area contributed by atoms with Crippen LogP contribution in [-0.4, -0.2) is 73.3 Å². The number of hydrogen-bond acceptors (Lipinski definition) is 9. The van der Waals surface area contributed by atoms with Crippen LogP contribution in [0.4, 0.5) is 5.13 Å². The molecule has 1 aliphatic heterocycles. The maximum atomic E-state index is 12.9. The molecule has 7 rings (SSSR count). The molecular weight excluding hydrogens is 512 g/mol. The quantitative estimate of drug-likeness (QED) is 0.326. The van der Waals surface area contributed by atoms with E-state index in [1.54, 1.807) is 36.3 Å². The summed E-state index contributed by atoms with van der Waals surface area (Å²) < 4.78 is 8.49. The van der Waals surface area contributed by atoms with Crippen LogP contribution < -0.4 is 10.9 Å². The van der Waals surface area contributed by atoms with Crippen LogP contribution in [0.25, 0.3) is 49.1 Å². The molecule has 1 aliphatic rings. The van der Waals surface area contributed by atoms with Crippen molar-refractivity contribution in [3.8, 4) is 16.9 Å². The van der Waals surface area contributed by atoms with Gasteiger partial charge < -0.3 is 15.0 Å². The maximum absolute atomic E-state index is 12.9. The largest absolute Gasteiger partial charge is 0.379 e. The van der Waals surface area contributed by atoms with E-state index in [2.05, 4.69) is 43.1 Å². The number of nitrogens with one attached hydrogen (secondary N) is 2. The van der Waals surface area contributed by atoms with Crippen molar-refractivity contribution in [2.45, 2.75) is 13.0 Å². The predicted molar refractivity (Wildman–Crippen MR) is 154 cm³/mol. The zero-order valence-corrected chi connectivity index (χ0v) is 22.1. The molecular formula is C28H26N8O2S.